The fourth-order valence-corrected chi connectivity index (χ4v) is 2.48. The van der Waals surface area contributed by atoms with E-state index in [1.165, 1.54) is 16.0 Å². The van der Waals surface area contributed by atoms with Crippen LogP contribution in [0.4, 0.5) is 0 Å². The number of thioether (sulfide) groups is 1. The molecule has 17 heavy (non-hydrogen) atoms. The average molecular weight is 245 g/mol. The summed E-state index contributed by atoms with van der Waals surface area (Å²) in [5.41, 5.74) is 2.79. The second kappa shape index (κ2) is 5.56. The number of rotatable bonds is 4. The number of hydrogen-bond donors (Lipinski definition) is 0. The van der Waals surface area contributed by atoms with Gasteiger partial charge in [0.2, 0.25) is 0 Å². The van der Waals surface area contributed by atoms with Crippen molar-refractivity contribution in [1.29, 1.82) is 0 Å². The van der Waals surface area contributed by atoms with Crippen molar-refractivity contribution in [1.82, 2.24) is 4.90 Å². The van der Waals surface area contributed by atoms with Crippen molar-refractivity contribution in [3.8, 4) is 0 Å². The SMILES string of the molecule is CSc1ccc(C2C=CC(CN(C)C)=C2)cc1. The minimum absolute atomic E-state index is 0.459. The fraction of sp³-hybridized carbons (Fsp3) is 0.333. The summed E-state index contributed by atoms with van der Waals surface area (Å²) in [6, 6.07) is 8.86. The van der Waals surface area contributed by atoms with E-state index in [4.69, 9.17) is 0 Å². The Hall–Kier alpha value is -0.990. The molecule has 2 rings (SSSR count). The lowest BCUT2D eigenvalue weighted by Crippen LogP contribution is -2.13. The molecule has 0 aliphatic heterocycles. The minimum atomic E-state index is 0.459. The van der Waals surface area contributed by atoms with Gasteiger partial charge in [-0.3, -0.25) is 0 Å². The van der Waals surface area contributed by atoms with Gasteiger partial charge in [0.25, 0.3) is 0 Å². The monoisotopic (exact) mass is 245 g/mol. The molecule has 0 bridgehead atoms. The molecular weight excluding hydrogens is 226 g/mol. The van der Waals surface area contributed by atoms with Crippen molar-refractivity contribution in [2.75, 3.05) is 26.9 Å². The van der Waals surface area contributed by atoms with Gasteiger partial charge < -0.3 is 4.90 Å². The molecule has 90 valence electrons. The standard InChI is InChI=1S/C15H19NS/c1-16(2)11-12-4-5-14(10-12)13-6-8-15(17-3)9-7-13/h4-10,14H,11H2,1-3H3. The van der Waals surface area contributed by atoms with Gasteiger partial charge in [0.1, 0.15) is 0 Å². The van der Waals surface area contributed by atoms with Crippen LogP contribution < -0.4 is 0 Å². The molecule has 2 heteroatoms. The summed E-state index contributed by atoms with van der Waals surface area (Å²) >= 11 is 1.79. The van der Waals surface area contributed by atoms with Crippen LogP contribution in [0.1, 0.15) is 11.5 Å². The molecule has 1 aromatic carbocycles. The molecule has 0 amide bonds. The first-order chi connectivity index (χ1) is 8.19. The summed E-state index contributed by atoms with van der Waals surface area (Å²) < 4.78 is 0. The number of nitrogens with zero attached hydrogens (tertiary/aromatic N) is 1. The summed E-state index contributed by atoms with van der Waals surface area (Å²) in [5.74, 6) is 0.459. The van der Waals surface area contributed by atoms with Gasteiger partial charge in [0, 0.05) is 17.4 Å². The van der Waals surface area contributed by atoms with E-state index in [1.807, 2.05) is 0 Å². The Bertz CT molecular complexity index is 429. The van der Waals surface area contributed by atoms with Crippen molar-refractivity contribution in [2.24, 2.45) is 0 Å². The van der Waals surface area contributed by atoms with E-state index in [0.717, 1.165) is 6.54 Å². The van der Waals surface area contributed by atoms with Gasteiger partial charge in [-0.1, -0.05) is 30.4 Å². The lowest BCUT2D eigenvalue weighted by Gasteiger charge is -2.09. The predicted molar refractivity (Wildman–Crippen MR) is 76.7 cm³/mol. The van der Waals surface area contributed by atoms with Crippen molar-refractivity contribution >= 4 is 11.8 Å². The maximum atomic E-state index is 2.36. The molecule has 0 spiro atoms. The molecule has 1 atom stereocenters. The molecule has 0 fully saturated rings. The Morgan fingerprint density at radius 2 is 1.88 bits per heavy atom. The van der Waals surface area contributed by atoms with Crippen LogP contribution in [0.3, 0.4) is 0 Å². The zero-order valence-corrected chi connectivity index (χ0v) is 11.5. The highest BCUT2D eigenvalue weighted by Crippen LogP contribution is 2.28. The van der Waals surface area contributed by atoms with E-state index < -0.39 is 0 Å². The lowest BCUT2D eigenvalue weighted by atomic mass is 10.0. The number of hydrogen-bond acceptors (Lipinski definition) is 2. The quantitative estimate of drug-likeness (QED) is 0.746. The van der Waals surface area contributed by atoms with Crippen LogP contribution in [0.25, 0.3) is 0 Å². The maximum absolute atomic E-state index is 2.36. The largest absolute Gasteiger partial charge is 0.305 e. The molecule has 0 aromatic heterocycles. The highest BCUT2D eigenvalue weighted by Gasteiger charge is 2.11. The third-order valence-electron chi connectivity index (χ3n) is 2.91. The molecule has 0 saturated carbocycles. The van der Waals surface area contributed by atoms with Gasteiger partial charge >= 0.3 is 0 Å². The summed E-state index contributed by atoms with van der Waals surface area (Å²) in [7, 11) is 4.21. The average Bonchev–Trinajstić information content (AvgIpc) is 2.77. The summed E-state index contributed by atoms with van der Waals surface area (Å²) in [6.45, 7) is 1.02. The zero-order valence-electron chi connectivity index (χ0n) is 10.7. The molecule has 1 aliphatic rings. The van der Waals surface area contributed by atoms with Crippen LogP contribution in [0.5, 0.6) is 0 Å². The molecule has 1 nitrogen and oxygen atoms in total. The van der Waals surface area contributed by atoms with Gasteiger partial charge in [-0.05, 0) is 43.6 Å². The Kier molecular flexibility index (Phi) is 4.08. The first-order valence-electron chi connectivity index (χ1n) is 5.86. The fourth-order valence-electron chi connectivity index (χ4n) is 2.07. The first kappa shape index (κ1) is 12.5. The van der Waals surface area contributed by atoms with E-state index in [1.54, 1.807) is 11.8 Å². The highest BCUT2D eigenvalue weighted by molar-refractivity contribution is 7.98. The van der Waals surface area contributed by atoms with Crippen LogP contribution in [0, 0.1) is 0 Å². The van der Waals surface area contributed by atoms with Crippen molar-refractivity contribution in [3.05, 3.63) is 53.6 Å². The topological polar surface area (TPSA) is 3.24 Å². The second-order valence-electron chi connectivity index (χ2n) is 4.64. The van der Waals surface area contributed by atoms with E-state index in [0.29, 0.717) is 5.92 Å². The molecule has 1 aliphatic carbocycles. The van der Waals surface area contributed by atoms with Gasteiger partial charge in [-0.15, -0.1) is 11.8 Å². The molecule has 1 aromatic rings. The molecule has 0 saturated heterocycles. The first-order valence-corrected chi connectivity index (χ1v) is 7.09. The maximum Gasteiger partial charge on any atom is 0.0224 e. The summed E-state index contributed by atoms with van der Waals surface area (Å²) in [5, 5.41) is 0. The Morgan fingerprint density at radius 3 is 2.47 bits per heavy atom. The van der Waals surface area contributed by atoms with Crippen LogP contribution in [0.15, 0.2) is 53.0 Å². The molecule has 1 unspecified atom stereocenters. The Balaban J connectivity index is 2.09. The van der Waals surface area contributed by atoms with Crippen LogP contribution in [-0.2, 0) is 0 Å². The highest BCUT2D eigenvalue weighted by atomic mass is 32.2. The number of likely N-dealkylation sites (N-methyl/N-ethyl adjacent to an activating group) is 1. The Labute approximate surface area is 108 Å². The second-order valence-corrected chi connectivity index (χ2v) is 5.52. The third-order valence-corrected chi connectivity index (χ3v) is 3.65. The molecule has 0 heterocycles. The number of allylic oxidation sites excluding steroid dienone is 2. The lowest BCUT2D eigenvalue weighted by molar-refractivity contribution is 0.449. The van der Waals surface area contributed by atoms with Gasteiger partial charge in [-0.2, -0.15) is 0 Å². The van der Waals surface area contributed by atoms with Crippen molar-refractivity contribution in [2.45, 2.75) is 10.8 Å². The van der Waals surface area contributed by atoms with E-state index >= 15 is 0 Å². The summed E-state index contributed by atoms with van der Waals surface area (Å²) in [4.78, 5) is 3.53. The van der Waals surface area contributed by atoms with Gasteiger partial charge in [-0.25, -0.2) is 0 Å². The van der Waals surface area contributed by atoms with E-state index in [-0.39, 0.29) is 0 Å². The van der Waals surface area contributed by atoms with E-state index in [2.05, 4.69) is 67.7 Å². The number of benzene rings is 1. The molecule has 0 N–H and O–H groups in total. The van der Waals surface area contributed by atoms with Crippen molar-refractivity contribution in [3.63, 3.8) is 0 Å². The van der Waals surface area contributed by atoms with Gasteiger partial charge in [0.15, 0.2) is 0 Å². The van der Waals surface area contributed by atoms with Crippen LogP contribution in [0.2, 0.25) is 0 Å². The normalized spacial score (nSPS) is 18.8. The smallest absolute Gasteiger partial charge is 0.0224 e. The summed E-state index contributed by atoms with van der Waals surface area (Å²) in [6.07, 6.45) is 8.99. The van der Waals surface area contributed by atoms with Gasteiger partial charge in [0.05, 0.1) is 0 Å². The van der Waals surface area contributed by atoms with Crippen LogP contribution >= 0.6 is 11.8 Å². The minimum Gasteiger partial charge on any atom is -0.305 e. The zero-order chi connectivity index (χ0) is 12.3. The molecular formula is C15H19NS. The van der Waals surface area contributed by atoms with E-state index in [9.17, 15) is 0 Å². The third kappa shape index (κ3) is 3.24. The predicted octanol–water partition coefficient (Wildman–Crippen LogP) is 3.55. The molecule has 0 radical (unpaired) electrons. The van der Waals surface area contributed by atoms with Crippen LogP contribution in [-0.4, -0.2) is 31.8 Å². The Morgan fingerprint density at radius 1 is 1.18 bits per heavy atom. The van der Waals surface area contributed by atoms with Crippen molar-refractivity contribution < 1.29 is 0 Å².